The highest BCUT2D eigenvalue weighted by molar-refractivity contribution is 7.88. The van der Waals surface area contributed by atoms with E-state index >= 15 is 0 Å². The Hall–Kier alpha value is -0.330. The van der Waals surface area contributed by atoms with Crippen molar-refractivity contribution in [2.45, 2.75) is 24.6 Å². The van der Waals surface area contributed by atoms with E-state index in [1.807, 2.05) is 0 Å². The number of nitrogens with two attached hydrogens (primary N) is 1. The predicted octanol–water partition coefficient (Wildman–Crippen LogP) is 2.01. The molecule has 0 bridgehead atoms. The molecule has 19 heavy (non-hydrogen) atoms. The smallest absolute Gasteiger partial charge is 0.218 e. The number of halogens is 2. The number of rotatable bonds is 3. The van der Waals surface area contributed by atoms with Crippen molar-refractivity contribution in [3.63, 3.8) is 0 Å². The van der Waals surface area contributed by atoms with E-state index in [0.29, 0.717) is 23.7 Å². The van der Waals surface area contributed by atoms with Crippen molar-refractivity contribution in [2.75, 3.05) is 13.1 Å². The third kappa shape index (κ3) is 4.33. The molecule has 0 aliphatic carbocycles. The monoisotopic (exact) mass is 324 g/mol. The molecule has 0 radical (unpaired) electrons. The summed E-state index contributed by atoms with van der Waals surface area (Å²) in [5.74, 6) is -0.0398. The van der Waals surface area contributed by atoms with Crippen molar-refractivity contribution in [3.05, 3.63) is 34.9 Å². The van der Waals surface area contributed by atoms with Gasteiger partial charge in [0.1, 0.15) is 0 Å². The molecule has 0 spiro atoms. The van der Waals surface area contributed by atoms with E-state index < -0.39 is 10.0 Å². The van der Waals surface area contributed by atoms with Crippen LogP contribution in [-0.2, 0) is 15.8 Å². The van der Waals surface area contributed by atoms with Crippen LogP contribution in [0.4, 0.5) is 0 Å². The van der Waals surface area contributed by atoms with E-state index in [1.165, 1.54) is 4.31 Å². The fourth-order valence-corrected chi connectivity index (χ4v) is 3.93. The molecule has 1 fully saturated rings. The summed E-state index contributed by atoms with van der Waals surface area (Å²) in [5.41, 5.74) is 6.42. The van der Waals surface area contributed by atoms with Gasteiger partial charge >= 0.3 is 0 Å². The molecule has 0 unspecified atom stereocenters. The van der Waals surface area contributed by atoms with Gasteiger partial charge in [0.25, 0.3) is 0 Å². The molecule has 1 aromatic carbocycles. The summed E-state index contributed by atoms with van der Waals surface area (Å²) in [6, 6.07) is 7.16. The highest BCUT2D eigenvalue weighted by Gasteiger charge is 2.27. The van der Waals surface area contributed by atoms with E-state index in [0.717, 1.165) is 12.8 Å². The van der Waals surface area contributed by atoms with Crippen LogP contribution in [0.2, 0.25) is 5.02 Å². The van der Waals surface area contributed by atoms with Crippen LogP contribution in [-0.4, -0.2) is 31.9 Å². The average Bonchev–Trinajstić information content (AvgIpc) is 2.32. The highest BCUT2D eigenvalue weighted by atomic mass is 35.5. The molecular formula is C12H18Cl2N2O2S. The third-order valence-corrected chi connectivity index (χ3v) is 5.38. The van der Waals surface area contributed by atoms with E-state index in [2.05, 4.69) is 0 Å². The molecule has 4 nitrogen and oxygen atoms in total. The Balaban J connectivity index is 0.00000180. The minimum Gasteiger partial charge on any atom is -0.328 e. The standard InChI is InChI=1S/C12H17ClN2O2S.ClH/c13-12-4-2-1-3-10(12)9-18(16,17)15-7-5-11(14)6-8-15;/h1-4,11H,5-9,14H2;1H. The van der Waals surface area contributed by atoms with Crippen LogP contribution < -0.4 is 5.73 Å². The first-order valence-electron chi connectivity index (χ1n) is 5.96. The molecule has 2 rings (SSSR count). The first-order chi connectivity index (χ1) is 8.49. The van der Waals surface area contributed by atoms with Gasteiger partial charge in [-0.3, -0.25) is 0 Å². The Kier molecular flexibility index (Phi) is 6.08. The highest BCUT2D eigenvalue weighted by Crippen LogP contribution is 2.21. The van der Waals surface area contributed by atoms with Crippen molar-refractivity contribution >= 4 is 34.0 Å². The minimum absolute atomic E-state index is 0. The van der Waals surface area contributed by atoms with Crippen LogP contribution in [0.25, 0.3) is 0 Å². The maximum absolute atomic E-state index is 12.2. The molecule has 1 aromatic rings. The van der Waals surface area contributed by atoms with Crippen molar-refractivity contribution in [2.24, 2.45) is 5.73 Å². The fraction of sp³-hybridized carbons (Fsp3) is 0.500. The molecule has 0 amide bonds. The van der Waals surface area contributed by atoms with Crippen LogP contribution in [0.5, 0.6) is 0 Å². The van der Waals surface area contributed by atoms with Crippen LogP contribution in [0, 0.1) is 0 Å². The summed E-state index contributed by atoms with van der Waals surface area (Å²) in [6.07, 6.45) is 1.45. The Morgan fingerprint density at radius 2 is 1.84 bits per heavy atom. The summed E-state index contributed by atoms with van der Waals surface area (Å²) >= 11 is 5.99. The fourth-order valence-electron chi connectivity index (χ4n) is 2.06. The maximum atomic E-state index is 12.2. The van der Waals surface area contributed by atoms with Crippen LogP contribution in [0.3, 0.4) is 0 Å². The molecule has 108 valence electrons. The zero-order chi connectivity index (χ0) is 13.2. The summed E-state index contributed by atoms with van der Waals surface area (Å²) in [7, 11) is -3.29. The van der Waals surface area contributed by atoms with Gasteiger partial charge in [0.15, 0.2) is 0 Å². The van der Waals surface area contributed by atoms with Crippen molar-refractivity contribution < 1.29 is 8.42 Å². The Morgan fingerprint density at radius 3 is 2.42 bits per heavy atom. The molecule has 2 N–H and O–H groups in total. The van der Waals surface area contributed by atoms with Crippen LogP contribution in [0.15, 0.2) is 24.3 Å². The average molecular weight is 325 g/mol. The topological polar surface area (TPSA) is 63.4 Å². The lowest BCUT2D eigenvalue weighted by Gasteiger charge is -2.29. The number of nitrogens with zero attached hydrogens (tertiary/aromatic N) is 1. The van der Waals surface area contributed by atoms with E-state index in [-0.39, 0.29) is 24.2 Å². The number of benzene rings is 1. The zero-order valence-electron chi connectivity index (χ0n) is 10.5. The van der Waals surface area contributed by atoms with Crippen LogP contribution in [0.1, 0.15) is 18.4 Å². The molecule has 1 aliphatic rings. The number of piperidine rings is 1. The zero-order valence-corrected chi connectivity index (χ0v) is 12.8. The molecule has 1 heterocycles. The van der Waals surface area contributed by atoms with Gasteiger partial charge in [0, 0.05) is 24.2 Å². The lowest BCUT2D eigenvalue weighted by Crippen LogP contribution is -2.43. The van der Waals surface area contributed by atoms with Gasteiger partial charge in [0.2, 0.25) is 10.0 Å². The Bertz CT molecular complexity index is 514. The summed E-state index contributed by atoms with van der Waals surface area (Å²) < 4.78 is 26.0. The quantitative estimate of drug-likeness (QED) is 0.925. The van der Waals surface area contributed by atoms with Gasteiger partial charge in [-0.25, -0.2) is 12.7 Å². The largest absolute Gasteiger partial charge is 0.328 e. The molecule has 0 atom stereocenters. The number of sulfonamides is 1. The lowest BCUT2D eigenvalue weighted by atomic mass is 10.1. The normalized spacial score (nSPS) is 18.0. The van der Waals surface area contributed by atoms with E-state index in [9.17, 15) is 8.42 Å². The first kappa shape index (κ1) is 16.7. The molecule has 1 saturated heterocycles. The second kappa shape index (κ2) is 6.90. The molecule has 0 saturated carbocycles. The van der Waals surface area contributed by atoms with Crippen LogP contribution >= 0.6 is 24.0 Å². The summed E-state index contributed by atoms with van der Waals surface area (Å²) in [5, 5.41) is 0.495. The first-order valence-corrected chi connectivity index (χ1v) is 7.94. The van der Waals surface area contributed by atoms with Gasteiger partial charge in [0.05, 0.1) is 5.75 Å². The second-order valence-electron chi connectivity index (χ2n) is 4.58. The Morgan fingerprint density at radius 1 is 1.26 bits per heavy atom. The third-order valence-electron chi connectivity index (χ3n) is 3.19. The van der Waals surface area contributed by atoms with Crippen molar-refractivity contribution in [1.82, 2.24) is 4.31 Å². The van der Waals surface area contributed by atoms with Crippen molar-refractivity contribution in [1.29, 1.82) is 0 Å². The number of hydrogen-bond acceptors (Lipinski definition) is 3. The molecule has 7 heteroatoms. The van der Waals surface area contributed by atoms with Gasteiger partial charge < -0.3 is 5.73 Å². The van der Waals surface area contributed by atoms with Gasteiger partial charge in [-0.1, -0.05) is 29.8 Å². The van der Waals surface area contributed by atoms with Gasteiger partial charge in [-0.2, -0.15) is 0 Å². The summed E-state index contributed by atoms with van der Waals surface area (Å²) in [6.45, 7) is 1.02. The molecule has 0 aromatic heterocycles. The number of hydrogen-bond donors (Lipinski definition) is 1. The lowest BCUT2D eigenvalue weighted by molar-refractivity contribution is 0.319. The van der Waals surface area contributed by atoms with E-state index in [1.54, 1.807) is 24.3 Å². The Labute approximate surface area is 125 Å². The van der Waals surface area contributed by atoms with E-state index in [4.69, 9.17) is 17.3 Å². The van der Waals surface area contributed by atoms with Gasteiger partial charge in [-0.05, 0) is 24.5 Å². The minimum atomic E-state index is -3.29. The van der Waals surface area contributed by atoms with Crippen molar-refractivity contribution in [3.8, 4) is 0 Å². The van der Waals surface area contributed by atoms with Gasteiger partial charge in [-0.15, -0.1) is 12.4 Å². The second-order valence-corrected chi connectivity index (χ2v) is 6.96. The summed E-state index contributed by atoms with van der Waals surface area (Å²) in [4.78, 5) is 0. The molecular weight excluding hydrogens is 307 g/mol. The molecule has 1 aliphatic heterocycles. The maximum Gasteiger partial charge on any atom is 0.218 e. The predicted molar refractivity (Wildman–Crippen MR) is 80.1 cm³/mol. The SMILES string of the molecule is Cl.NC1CCN(S(=O)(=O)Cc2ccccc2Cl)CC1.